The smallest absolute Gasteiger partial charge is 0.416 e. The van der Waals surface area contributed by atoms with Crippen molar-refractivity contribution < 1.29 is 27.1 Å². The number of benzene rings is 1. The molecule has 156 valence electrons. The molecule has 0 unspecified atom stereocenters. The molecule has 1 aromatic carbocycles. The van der Waals surface area contributed by atoms with Crippen LogP contribution in [0.25, 0.3) is 0 Å². The van der Waals surface area contributed by atoms with Crippen LogP contribution in [0.4, 0.5) is 28.0 Å². The summed E-state index contributed by atoms with van der Waals surface area (Å²) in [5.74, 6) is -0.0863. The maximum absolute atomic E-state index is 13.9. The summed E-state index contributed by atoms with van der Waals surface area (Å²) in [7, 11) is 1.23. The Kier molecular flexibility index (Phi) is 5.95. The quantitative estimate of drug-likeness (QED) is 0.746. The maximum Gasteiger partial charge on any atom is 0.416 e. The van der Waals surface area contributed by atoms with E-state index in [1.54, 1.807) is 24.4 Å². The molecule has 3 rings (SSSR count). The molecule has 1 fully saturated rings. The number of piperidine rings is 1. The van der Waals surface area contributed by atoms with Crippen LogP contribution in [0.5, 0.6) is 5.75 Å². The molecule has 0 atom stereocenters. The lowest BCUT2D eigenvalue weighted by Gasteiger charge is -2.39. The predicted molar refractivity (Wildman–Crippen MR) is 99.7 cm³/mol. The van der Waals surface area contributed by atoms with Gasteiger partial charge in [-0.3, -0.25) is 9.37 Å². The summed E-state index contributed by atoms with van der Waals surface area (Å²) < 4.78 is 57.4. The van der Waals surface area contributed by atoms with Crippen LogP contribution in [0.15, 0.2) is 42.6 Å². The minimum absolute atomic E-state index is 0.0863. The molecule has 0 spiro atoms. The number of alkyl halides is 4. The van der Waals surface area contributed by atoms with Gasteiger partial charge in [-0.2, -0.15) is 13.2 Å². The SMILES string of the molecule is COc1cc(C(F)(F)F)ccc1NC(=O)N1CCC(CF)(c2ccccn2)CC1. The summed E-state index contributed by atoms with van der Waals surface area (Å²) in [6.07, 6.45) is -2.09. The number of ether oxygens (including phenoxy) is 1. The molecule has 0 aliphatic carbocycles. The average Bonchev–Trinajstić information content (AvgIpc) is 2.74. The van der Waals surface area contributed by atoms with Crippen molar-refractivity contribution in [1.82, 2.24) is 9.88 Å². The van der Waals surface area contributed by atoms with Crippen molar-refractivity contribution in [3.05, 3.63) is 53.9 Å². The van der Waals surface area contributed by atoms with E-state index in [-0.39, 0.29) is 11.4 Å². The zero-order chi connectivity index (χ0) is 21.1. The first-order valence-electron chi connectivity index (χ1n) is 9.08. The third kappa shape index (κ3) is 4.44. The van der Waals surface area contributed by atoms with Crippen LogP contribution in [0, 0.1) is 0 Å². The molecule has 1 saturated heterocycles. The molecule has 0 saturated carbocycles. The van der Waals surface area contributed by atoms with Gasteiger partial charge in [0.1, 0.15) is 12.4 Å². The lowest BCUT2D eigenvalue weighted by Crippen LogP contribution is -2.48. The minimum atomic E-state index is -4.51. The van der Waals surface area contributed by atoms with E-state index in [0.717, 1.165) is 18.2 Å². The molecule has 5 nitrogen and oxygen atoms in total. The van der Waals surface area contributed by atoms with E-state index < -0.39 is 29.9 Å². The Morgan fingerprint density at radius 3 is 2.52 bits per heavy atom. The molecule has 1 aliphatic heterocycles. The monoisotopic (exact) mass is 411 g/mol. The van der Waals surface area contributed by atoms with Gasteiger partial charge in [0.15, 0.2) is 0 Å². The molecule has 0 bridgehead atoms. The summed E-state index contributed by atoms with van der Waals surface area (Å²) in [6, 6.07) is 7.73. The van der Waals surface area contributed by atoms with Gasteiger partial charge in [0, 0.05) is 30.4 Å². The number of hydrogen-bond acceptors (Lipinski definition) is 3. The van der Waals surface area contributed by atoms with Crippen LogP contribution in [-0.2, 0) is 11.6 Å². The summed E-state index contributed by atoms with van der Waals surface area (Å²) in [5, 5.41) is 2.58. The Hall–Kier alpha value is -2.84. The molecule has 0 radical (unpaired) electrons. The normalized spacial score (nSPS) is 16.4. The van der Waals surface area contributed by atoms with Gasteiger partial charge in [-0.15, -0.1) is 0 Å². The number of hydrogen-bond donors (Lipinski definition) is 1. The van der Waals surface area contributed by atoms with Crippen molar-refractivity contribution in [1.29, 1.82) is 0 Å². The van der Waals surface area contributed by atoms with Crippen LogP contribution in [0.2, 0.25) is 0 Å². The van der Waals surface area contributed by atoms with Gasteiger partial charge < -0.3 is 15.0 Å². The van der Waals surface area contributed by atoms with Crippen LogP contribution in [0.1, 0.15) is 24.1 Å². The lowest BCUT2D eigenvalue weighted by molar-refractivity contribution is -0.137. The molecule has 1 aliphatic rings. The highest BCUT2D eigenvalue weighted by molar-refractivity contribution is 5.91. The van der Waals surface area contributed by atoms with Crippen LogP contribution >= 0.6 is 0 Å². The zero-order valence-corrected chi connectivity index (χ0v) is 15.8. The van der Waals surface area contributed by atoms with E-state index in [4.69, 9.17) is 4.74 Å². The summed E-state index contributed by atoms with van der Waals surface area (Å²) in [4.78, 5) is 18.4. The fourth-order valence-corrected chi connectivity index (χ4v) is 3.44. The van der Waals surface area contributed by atoms with Crippen molar-refractivity contribution in [2.24, 2.45) is 0 Å². The number of urea groups is 1. The molecule has 9 heteroatoms. The highest BCUT2D eigenvalue weighted by Gasteiger charge is 2.39. The van der Waals surface area contributed by atoms with Crippen molar-refractivity contribution in [3.8, 4) is 5.75 Å². The highest BCUT2D eigenvalue weighted by Crippen LogP contribution is 2.37. The molecule has 1 aromatic heterocycles. The van der Waals surface area contributed by atoms with Gasteiger partial charge >= 0.3 is 12.2 Å². The van der Waals surface area contributed by atoms with Gasteiger partial charge in [-0.1, -0.05) is 6.07 Å². The van der Waals surface area contributed by atoms with Crippen molar-refractivity contribution in [2.75, 3.05) is 32.2 Å². The second kappa shape index (κ2) is 8.26. The number of anilines is 1. The fourth-order valence-electron chi connectivity index (χ4n) is 3.44. The van der Waals surface area contributed by atoms with Crippen LogP contribution < -0.4 is 10.1 Å². The molecule has 29 heavy (non-hydrogen) atoms. The average molecular weight is 411 g/mol. The third-order valence-corrected chi connectivity index (χ3v) is 5.24. The number of rotatable bonds is 4. The summed E-state index contributed by atoms with van der Waals surface area (Å²) in [6.45, 7) is 0.0246. The van der Waals surface area contributed by atoms with Crippen molar-refractivity contribution in [2.45, 2.75) is 24.4 Å². The first-order chi connectivity index (χ1) is 13.8. The van der Waals surface area contributed by atoms with E-state index in [1.165, 1.54) is 12.0 Å². The van der Waals surface area contributed by atoms with Gasteiger partial charge in [0.05, 0.1) is 18.4 Å². The van der Waals surface area contributed by atoms with E-state index in [1.807, 2.05) is 0 Å². The van der Waals surface area contributed by atoms with Crippen LogP contribution in [0.3, 0.4) is 0 Å². The predicted octanol–water partition coefficient (Wildman–Crippen LogP) is 4.64. The Morgan fingerprint density at radius 1 is 1.24 bits per heavy atom. The second-order valence-corrected chi connectivity index (χ2v) is 6.96. The number of carbonyl (C=O) groups excluding carboxylic acids is 1. The number of nitrogens with zero attached hydrogens (tertiary/aromatic N) is 2. The van der Waals surface area contributed by atoms with Gasteiger partial charge in [0.2, 0.25) is 0 Å². The van der Waals surface area contributed by atoms with E-state index >= 15 is 0 Å². The van der Waals surface area contributed by atoms with Gasteiger partial charge in [-0.05, 0) is 43.2 Å². The molecule has 2 aromatic rings. The Balaban J connectivity index is 1.69. The number of likely N-dealkylation sites (tertiary alicyclic amines) is 1. The maximum atomic E-state index is 13.9. The standard InChI is InChI=1S/C20H21F4N3O2/c1-29-16-12-14(20(22,23)24)5-6-15(16)26-18(28)27-10-7-19(13-21,8-11-27)17-4-2-3-9-25-17/h2-6,9,12H,7-8,10-11,13H2,1H3,(H,26,28). The minimum Gasteiger partial charge on any atom is -0.495 e. The number of carbonyl (C=O) groups is 1. The van der Waals surface area contributed by atoms with Crippen LogP contribution in [-0.4, -0.2) is 42.8 Å². The number of aromatic nitrogens is 1. The van der Waals surface area contributed by atoms with Gasteiger partial charge in [0.25, 0.3) is 0 Å². The largest absolute Gasteiger partial charge is 0.495 e. The fraction of sp³-hybridized carbons (Fsp3) is 0.400. The summed E-state index contributed by atoms with van der Waals surface area (Å²) in [5.41, 5.74) is -0.803. The second-order valence-electron chi connectivity index (χ2n) is 6.96. The van der Waals surface area contributed by atoms with Crippen molar-refractivity contribution in [3.63, 3.8) is 0 Å². The number of methoxy groups -OCH3 is 1. The lowest BCUT2D eigenvalue weighted by atomic mass is 9.76. The van der Waals surface area contributed by atoms with Crippen molar-refractivity contribution >= 4 is 11.7 Å². The Labute approximate surface area is 165 Å². The van der Waals surface area contributed by atoms with E-state index in [2.05, 4.69) is 10.3 Å². The third-order valence-electron chi connectivity index (χ3n) is 5.24. The zero-order valence-electron chi connectivity index (χ0n) is 15.8. The number of amides is 2. The molecule has 2 amide bonds. The number of pyridine rings is 1. The molecule has 2 heterocycles. The first kappa shape index (κ1) is 20.9. The highest BCUT2D eigenvalue weighted by atomic mass is 19.4. The first-order valence-corrected chi connectivity index (χ1v) is 9.08. The Morgan fingerprint density at radius 2 is 1.97 bits per heavy atom. The topological polar surface area (TPSA) is 54.5 Å². The molecular formula is C20H21F4N3O2. The van der Waals surface area contributed by atoms with Gasteiger partial charge in [-0.25, -0.2) is 4.79 Å². The summed E-state index contributed by atoms with van der Waals surface area (Å²) >= 11 is 0. The number of halogens is 4. The number of nitrogens with one attached hydrogen (secondary N) is 1. The Bertz CT molecular complexity index is 851. The molecule has 1 N–H and O–H groups in total. The van der Waals surface area contributed by atoms with E-state index in [9.17, 15) is 22.4 Å². The van der Waals surface area contributed by atoms with E-state index in [0.29, 0.717) is 31.6 Å². The molecular weight excluding hydrogens is 390 g/mol.